The Morgan fingerprint density at radius 3 is 2.67 bits per heavy atom. The standard InChI is InChI=1S/C20H20N2O5/c1-12-17(20(25)26)9-15(27-12)11-21-19(24)10-18-16-6-4-3-5-14(16)7-8-22(18)13(2)23/h3-9,18H,10-11H2,1-2H3,(H,21,24)(H,25,26)/t18-/m0/s1. The Bertz CT molecular complexity index is 928. The molecule has 7 nitrogen and oxygen atoms in total. The summed E-state index contributed by atoms with van der Waals surface area (Å²) in [6.45, 7) is 3.10. The van der Waals surface area contributed by atoms with E-state index in [9.17, 15) is 14.4 Å². The Balaban J connectivity index is 1.70. The first kappa shape index (κ1) is 18.4. The average molecular weight is 368 g/mol. The van der Waals surface area contributed by atoms with Crippen LogP contribution in [0, 0.1) is 6.92 Å². The van der Waals surface area contributed by atoms with E-state index in [4.69, 9.17) is 9.52 Å². The van der Waals surface area contributed by atoms with Crippen molar-refractivity contribution in [2.24, 2.45) is 0 Å². The van der Waals surface area contributed by atoms with E-state index in [0.717, 1.165) is 11.1 Å². The van der Waals surface area contributed by atoms with Gasteiger partial charge in [-0.05, 0) is 30.2 Å². The van der Waals surface area contributed by atoms with Crippen molar-refractivity contribution in [1.82, 2.24) is 10.2 Å². The van der Waals surface area contributed by atoms with Gasteiger partial charge in [0, 0.05) is 13.1 Å². The second-order valence-corrected chi connectivity index (χ2v) is 6.36. The maximum absolute atomic E-state index is 12.5. The number of nitrogens with one attached hydrogen (secondary N) is 1. The van der Waals surface area contributed by atoms with Gasteiger partial charge >= 0.3 is 5.97 Å². The van der Waals surface area contributed by atoms with Crippen LogP contribution in [-0.4, -0.2) is 27.8 Å². The summed E-state index contributed by atoms with van der Waals surface area (Å²) >= 11 is 0. The molecule has 2 aromatic rings. The molecule has 140 valence electrons. The van der Waals surface area contributed by atoms with Gasteiger partial charge in [-0.25, -0.2) is 4.79 Å². The number of hydrogen-bond donors (Lipinski definition) is 2. The molecule has 3 rings (SSSR count). The zero-order chi connectivity index (χ0) is 19.6. The molecule has 0 bridgehead atoms. The lowest BCUT2D eigenvalue weighted by molar-refractivity contribution is -0.130. The highest BCUT2D eigenvalue weighted by Gasteiger charge is 2.28. The third kappa shape index (κ3) is 3.92. The van der Waals surface area contributed by atoms with Gasteiger partial charge in [0.2, 0.25) is 11.8 Å². The molecule has 2 N–H and O–H groups in total. The number of carboxylic acids is 1. The number of carbonyl (C=O) groups is 3. The minimum atomic E-state index is -1.07. The van der Waals surface area contributed by atoms with E-state index in [1.807, 2.05) is 30.3 Å². The Hall–Kier alpha value is -3.35. The van der Waals surface area contributed by atoms with Gasteiger partial charge in [-0.3, -0.25) is 9.59 Å². The maximum atomic E-state index is 12.5. The van der Waals surface area contributed by atoms with Gasteiger partial charge in [0.25, 0.3) is 0 Å². The third-order valence-electron chi connectivity index (χ3n) is 4.51. The second-order valence-electron chi connectivity index (χ2n) is 6.36. The van der Waals surface area contributed by atoms with Crippen molar-refractivity contribution in [1.29, 1.82) is 0 Å². The topological polar surface area (TPSA) is 99.9 Å². The number of fused-ring (bicyclic) bond motifs is 1. The molecule has 0 aliphatic carbocycles. The number of benzene rings is 1. The normalized spacial score (nSPS) is 15.3. The van der Waals surface area contributed by atoms with Crippen LogP contribution in [-0.2, 0) is 16.1 Å². The molecular weight excluding hydrogens is 348 g/mol. The summed E-state index contributed by atoms with van der Waals surface area (Å²) < 4.78 is 5.36. The van der Waals surface area contributed by atoms with Crippen molar-refractivity contribution >= 4 is 23.9 Å². The third-order valence-corrected chi connectivity index (χ3v) is 4.51. The van der Waals surface area contributed by atoms with Gasteiger partial charge < -0.3 is 19.7 Å². The zero-order valence-corrected chi connectivity index (χ0v) is 15.1. The highest BCUT2D eigenvalue weighted by atomic mass is 16.4. The summed E-state index contributed by atoms with van der Waals surface area (Å²) in [6, 6.07) is 8.63. The number of rotatable bonds is 5. The summed E-state index contributed by atoms with van der Waals surface area (Å²) in [5.41, 5.74) is 1.96. The first-order valence-corrected chi connectivity index (χ1v) is 8.52. The molecular formula is C20H20N2O5. The summed E-state index contributed by atoms with van der Waals surface area (Å²) in [6.07, 6.45) is 3.63. The Labute approximate surface area is 156 Å². The Kier molecular flexibility index (Phi) is 5.12. The lowest BCUT2D eigenvalue weighted by atomic mass is 9.93. The van der Waals surface area contributed by atoms with Crippen molar-refractivity contribution in [3.63, 3.8) is 0 Å². The molecule has 0 fully saturated rings. The van der Waals surface area contributed by atoms with Crippen LogP contribution in [0.4, 0.5) is 0 Å². The molecule has 0 radical (unpaired) electrons. The van der Waals surface area contributed by atoms with Crippen LogP contribution in [0.2, 0.25) is 0 Å². The second kappa shape index (κ2) is 7.49. The summed E-state index contributed by atoms with van der Waals surface area (Å²) in [5.74, 6) is -0.823. The first-order valence-electron chi connectivity index (χ1n) is 8.52. The summed E-state index contributed by atoms with van der Waals surface area (Å²) in [4.78, 5) is 37.0. The molecule has 0 saturated heterocycles. The number of carboxylic acid groups (broad SMARTS) is 1. The number of furan rings is 1. The van der Waals surface area contributed by atoms with Gasteiger partial charge in [-0.15, -0.1) is 0 Å². The fraction of sp³-hybridized carbons (Fsp3) is 0.250. The lowest BCUT2D eigenvalue weighted by Crippen LogP contribution is -2.35. The van der Waals surface area contributed by atoms with Gasteiger partial charge in [0.15, 0.2) is 0 Å². The van der Waals surface area contributed by atoms with Crippen LogP contribution in [0.3, 0.4) is 0 Å². The molecule has 0 saturated carbocycles. The number of aryl methyl sites for hydroxylation is 1. The minimum absolute atomic E-state index is 0.0772. The van der Waals surface area contributed by atoms with Crippen molar-refractivity contribution in [2.45, 2.75) is 32.9 Å². The smallest absolute Gasteiger partial charge is 0.339 e. The highest BCUT2D eigenvalue weighted by Crippen LogP contribution is 2.32. The van der Waals surface area contributed by atoms with E-state index in [-0.39, 0.29) is 30.3 Å². The molecule has 1 aromatic carbocycles. The number of hydrogen-bond acceptors (Lipinski definition) is 4. The molecule has 0 spiro atoms. The predicted octanol–water partition coefficient (Wildman–Crippen LogP) is 2.87. The monoisotopic (exact) mass is 368 g/mol. The maximum Gasteiger partial charge on any atom is 0.339 e. The van der Waals surface area contributed by atoms with E-state index in [2.05, 4.69) is 5.32 Å². The molecule has 27 heavy (non-hydrogen) atoms. The summed E-state index contributed by atoms with van der Waals surface area (Å²) in [5, 5.41) is 11.8. The van der Waals surface area contributed by atoms with Crippen molar-refractivity contribution in [3.8, 4) is 0 Å². The van der Waals surface area contributed by atoms with Crippen molar-refractivity contribution in [3.05, 3.63) is 64.7 Å². The molecule has 2 heterocycles. The van der Waals surface area contributed by atoms with Crippen LogP contribution >= 0.6 is 0 Å². The van der Waals surface area contributed by atoms with Crippen LogP contribution < -0.4 is 5.32 Å². The fourth-order valence-electron chi connectivity index (χ4n) is 3.19. The minimum Gasteiger partial charge on any atom is -0.478 e. The fourth-order valence-corrected chi connectivity index (χ4v) is 3.19. The van der Waals surface area contributed by atoms with Crippen molar-refractivity contribution in [2.75, 3.05) is 0 Å². The molecule has 2 amide bonds. The number of nitrogens with zero attached hydrogens (tertiary/aromatic N) is 1. The van der Waals surface area contributed by atoms with Crippen LogP contribution in [0.1, 0.15) is 52.4 Å². The number of amides is 2. The average Bonchev–Trinajstić information content (AvgIpc) is 3.01. The van der Waals surface area contributed by atoms with E-state index in [0.29, 0.717) is 11.5 Å². The van der Waals surface area contributed by atoms with Gasteiger partial charge in [-0.1, -0.05) is 24.3 Å². The van der Waals surface area contributed by atoms with Crippen LogP contribution in [0.25, 0.3) is 6.08 Å². The molecule has 1 aliphatic rings. The molecule has 1 atom stereocenters. The number of carbonyl (C=O) groups excluding carboxylic acids is 2. The summed E-state index contributed by atoms with van der Waals surface area (Å²) in [7, 11) is 0. The molecule has 7 heteroatoms. The van der Waals surface area contributed by atoms with Gasteiger partial charge in [0.1, 0.15) is 17.1 Å². The first-order chi connectivity index (χ1) is 12.9. The number of aromatic carboxylic acids is 1. The van der Waals surface area contributed by atoms with E-state index in [1.54, 1.807) is 18.0 Å². The van der Waals surface area contributed by atoms with E-state index >= 15 is 0 Å². The SMILES string of the molecule is CC(=O)N1C=Cc2ccccc2[C@@H]1CC(=O)NCc1cc(C(=O)O)c(C)o1. The van der Waals surface area contributed by atoms with Gasteiger partial charge in [-0.2, -0.15) is 0 Å². The van der Waals surface area contributed by atoms with Crippen LogP contribution in [0.15, 0.2) is 40.9 Å². The molecule has 1 aliphatic heterocycles. The van der Waals surface area contributed by atoms with Crippen molar-refractivity contribution < 1.29 is 23.9 Å². The molecule has 1 aromatic heterocycles. The molecule has 0 unspecified atom stereocenters. The predicted molar refractivity (Wildman–Crippen MR) is 97.6 cm³/mol. The van der Waals surface area contributed by atoms with E-state index in [1.165, 1.54) is 13.0 Å². The largest absolute Gasteiger partial charge is 0.478 e. The lowest BCUT2D eigenvalue weighted by Gasteiger charge is -2.32. The highest BCUT2D eigenvalue weighted by molar-refractivity contribution is 5.88. The van der Waals surface area contributed by atoms with Crippen LogP contribution in [0.5, 0.6) is 0 Å². The quantitative estimate of drug-likeness (QED) is 0.845. The van der Waals surface area contributed by atoms with E-state index < -0.39 is 12.0 Å². The Morgan fingerprint density at radius 2 is 2.00 bits per heavy atom. The zero-order valence-electron chi connectivity index (χ0n) is 15.1. The Morgan fingerprint density at radius 1 is 1.26 bits per heavy atom. The van der Waals surface area contributed by atoms with Gasteiger partial charge in [0.05, 0.1) is 19.0 Å².